The maximum Gasteiger partial charge on any atom is 0.181 e. The highest BCUT2D eigenvalue weighted by Gasteiger charge is 2.31. The van der Waals surface area contributed by atoms with Gasteiger partial charge < -0.3 is 15.0 Å². The molecule has 1 fully saturated rings. The van der Waals surface area contributed by atoms with Gasteiger partial charge in [0.1, 0.15) is 23.8 Å². The highest BCUT2D eigenvalue weighted by Crippen LogP contribution is 2.30. The van der Waals surface area contributed by atoms with E-state index in [0.717, 1.165) is 24.6 Å². The van der Waals surface area contributed by atoms with Crippen LogP contribution in [0.25, 0.3) is 0 Å². The second-order valence-corrected chi connectivity index (χ2v) is 7.73. The monoisotopic (exact) mass is 443 g/mol. The fourth-order valence-corrected chi connectivity index (χ4v) is 4.12. The molecule has 8 nitrogen and oxygen atoms in total. The molecule has 2 aromatic rings. The molecule has 0 saturated carbocycles. The Bertz CT molecular complexity index is 1030. The number of hydrogen-bond acceptors (Lipinski definition) is 8. The Balaban J connectivity index is 1.38. The second-order valence-electron chi connectivity index (χ2n) is 6.92. The summed E-state index contributed by atoms with van der Waals surface area (Å²) >= 11 is 12.7. The number of allylic oxidation sites excluding steroid dienone is 2. The van der Waals surface area contributed by atoms with Crippen LogP contribution in [0, 0.1) is 0 Å². The van der Waals surface area contributed by atoms with Gasteiger partial charge in [0.05, 0.1) is 34.5 Å². The Kier molecular flexibility index (Phi) is 5.20. The Morgan fingerprint density at radius 2 is 1.93 bits per heavy atom. The lowest BCUT2D eigenvalue weighted by Crippen LogP contribution is -2.38. The maximum atomic E-state index is 6.36. The van der Waals surface area contributed by atoms with Gasteiger partial charge in [0.25, 0.3) is 0 Å². The number of fused-ring (bicyclic) bond motifs is 1. The van der Waals surface area contributed by atoms with E-state index in [1.54, 1.807) is 18.5 Å². The van der Waals surface area contributed by atoms with Crippen LogP contribution in [0.2, 0.25) is 10.0 Å². The number of aromatic nitrogens is 2. The number of nitrogens with zero attached hydrogens (tertiary/aromatic N) is 5. The molecular weight excluding hydrogens is 425 g/mol. The summed E-state index contributed by atoms with van der Waals surface area (Å²) in [6, 6.07) is 7.33. The standard InChI is InChI=1S/C20H19Cl2N7O/c21-13-3-1-4-14(22)18(13)19-25-15-5-2-6-29(20(15)26-19)27-16-11-17(24-12-23-16)28-7-9-30-10-8-28/h1-6,11-12,20H,7-10H2,(H,25,26)(H,23,24,27). The Labute approximate surface area is 183 Å². The van der Waals surface area contributed by atoms with Crippen molar-refractivity contribution in [2.24, 2.45) is 4.99 Å². The Morgan fingerprint density at radius 3 is 2.73 bits per heavy atom. The van der Waals surface area contributed by atoms with Gasteiger partial charge in [-0.2, -0.15) is 0 Å². The van der Waals surface area contributed by atoms with Crippen molar-refractivity contribution in [2.45, 2.75) is 6.17 Å². The van der Waals surface area contributed by atoms with Crippen LogP contribution in [0.4, 0.5) is 11.6 Å². The third-order valence-electron chi connectivity index (χ3n) is 5.01. The zero-order chi connectivity index (χ0) is 20.5. The van der Waals surface area contributed by atoms with E-state index in [2.05, 4.69) is 25.6 Å². The number of hydrazine groups is 1. The highest BCUT2D eigenvalue weighted by atomic mass is 35.5. The molecule has 2 N–H and O–H groups in total. The van der Waals surface area contributed by atoms with Gasteiger partial charge in [-0.05, 0) is 24.3 Å². The first-order valence-corrected chi connectivity index (χ1v) is 10.3. The van der Waals surface area contributed by atoms with Gasteiger partial charge in [-0.25, -0.2) is 15.0 Å². The Morgan fingerprint density at radius 1 is 1.13 bits per heavy atom. The molecule has 0 spiro atoms. The summed E-state index contributed by atoms with van der Waals surface area (Å²) in [4.78, 5) is 15.7. The molecule has 4 heterocycles. The van der Waals surface area contributed by atoms with E-state index in [1.807, 2.05) is 35.5 Å². The van der Waals surface area contributed by atoms with Crippen LogP contribution in [-0.4, -0.2) is 53.3 Å². The minimum Gasteiger partial charge on any atom is -0.378 e. The van der Waals surface area contributed by atoms with Gasteiger partial charge in [-0.15, -0.1) is 0 Å². The molecule has 1 aromatic heterocycles. The molecule has 3 aliphatic heterocycles. The maximum absolute atomic E-state index is 6.36. The highest BCUT2D eigenvalue weighted by molar-refractivity contribution is 6.40. The van der Waals surface area contributed by atoms with Crippen LogP contribution < -0.4 is 15.6 Å². The largest absolute Gasteiger partial charge is 0.378 e. The van der Waals surface area contributed by atoms with Gasteiger partial charge in [0.15, 0.2) is 6.17 Å². The van der Waals surface area contributed by atoms with Crippen molar-refractivity contribution in [1.82, 2.24) is 20.3 Å². The molecule has 0 bridgehead atoms. The number of morpholine rings is 1. The van der Waals surface area contributed by atoms with E-state index in [9.17, 15) is 0 Å². The van der Waals surface area contributed by atoms with Crippen LogP contribution in [0.1, 0.15) is 5.56 Å². The quantitative estimate of drug-likeness (QED) is 0.751. The molecule has 1 unspecified atom stereocenters. The van der Waals surface area contributed by atoms with E-state index in [1.165, 1.54) is 0 Å². The van der Waals surface area contributed by atoms with Crippen LogP contribution in [0.3, 0.4) is 0 Å². The number of nitrogens with one attached hydrogen (secondary N) is 2. The molecule has 5 rings (SSSR count). The minimum absolute atomic E-state index is 0.292. The summed E-state index contributed by atoms with van der Waals surface area (Å²) in [5.41, 5.74) is 4.92. The van der Waals surface area contributed by atoms with E-state index in [0.29, 0.717) is 40.5 Å². The number of hydrogen-bond donors (Lipinski definition) is 2. The molecule has 30 heavy (non-hydrogen) atoms. The van der Waals surface area contributed by atoms with E-state index in [4.69, 9.17) is 32.9 Å². The van der Waals surface area contributed by atoms with Gasteiger partial charge in [-0.1, -0.05) is 29.3 Å². The number of benzene rings is 1. The molecule has 154 valence electrons. The fourth-order valence-electron chi connectivity index (χ4n) is 3.54. The van der Waals surface area contributed by atoms with Crippen LogP contribution in [-0.2, 0) is 4.74 Å². The molecule has 1 atom stereocenters. The first kappa shape index (κ1) is 19.2. The van der Waals surface area contributed by atoms with Crippen molar-refractivity contribution < 1.29 is 4.74 Å². The number of amidine groups is 1. The number of halogens is 2. The summed E-state index contributed by atoms with van der Waals surface area (Å²) in [6.45, 7) is 3.02. The van der Waals surface area contributed by atoms with Crippen LogP contribution in [0.15, 0.2) is 59.6 Å². The number of anilines is 2. The SMILES string of the molecule is Clc1cccc(Cl)c1C1=NC2C(=CC=CN2Nc2cc(N3CCOCC3)ncn2)N1. The average molecular weight is 444 g/mol. The van der Waals surface area contributed by atoms with E-state index < -0.39 is 0 Å². The van der Waals surface area contributed by atoms with Crippen molar-refractivity contribution in [3.05, 3.63) is 70.3 Å². The molecule has 0 aliphatic carbocycles. The first-order chi connectivity index (χ1) is 14.7. The molecular formula is C20H19Cl2N7O. The first-order valence-electron chi connectivity index (χ1n) is 9.56. The fraction of sp³-hybridized carbons (Fsp3) is 0.250. The van der Waals surface area contributed by atoms with Gasteiger partial charge in [-0.3, -0.25) is 10.4 Å². The van der Waals surface area contributed by atoms with Gasteiger partial charge in [0, 0.05) is 25.4 Å². The molecule has 0 amide bonds. The summed E-state index contributed by atoms with van der Waals surface area (Å²) in [5.74, 6) is 2.18. The zero-order valence-electron chi connectivity index (χ0n) is 15.9. The smallest absolute Gasteiger partial charge is 0.181 e. The van der Waals surface area contributed by atoms with E-state index >= 15 is 0 Å². The third kappa shape index (κ3) is 3.69. The number of aliphatic imine (C=N–C) groups is 1. The molecule has 10 heteroatoms. The van der Waals surface area contributed by atoms with Crippen molar-refractivity contribution in [1.29, 1.82) is 0 Å². The summed E-state index contributed by atoms with van der Waals surface area (Å²) in [7, 11) is 0. The predicted octanol–water partition coefficient (Wildman–Crippen LogP) is 3.04. The lowest BCUT2D eigenvalue weighted by atomic mass is 10.2. The van der Waals surface area contributed by atoms with Gasteiger partial charge >= 0.3 is 0 Å². The van der Waals surface area contributed by atoms with Crippen molar-refractivity contribution in [2.75, 3.05) is 36.6 Å². The molecule has 3 aliphatic rings. The number of rotatable bonds is 4. The van der Waals surface area contributed by atoms with Crippen molar-refractivity contribution >= 4 is 40.7 Å². The average Bonchev–Trinajstić information content (AvgIpc) is 3.19. The van der Waals surface area contributed by atoms with E-state index in [-0.39, 0.29) is 6.17 Å². The minimum atomic E-state index is -0.292. The zero-order valence-corrected chi connectivity index (χ0v) is 17.4. The topological polar surface area (TPSA) is 77.9 Å². The summed E-state index contributed by atoms with van der Waals surface area (Å²) in [5, 5.41) is 6.30. The summed E-state index contributed by atoms with van der Waals surface area (Å²) < 4.78 is 5.42. The molecule has 1 aromatic carbocycles. The lowest BCUT2D eigenvalue weighted by molar-refractivity contribution is 0.122. The van der Waals surface area contributed by atoms with Crippen molar-refractivity contribution in [3.63, 3.8) is 0 Å². The summed E-state index contributed by atoms with van der Waals surface area (Å²) in [6.07, 6.45) is 7.08. The van der Waals surface area contributed by atoms with Crippen LogP contribution in [0.5, 0.6) is 0 Å². The molecule has 1 saturated heterocycles. The third-order valence-corrected chi connectivity index (χ3v) is 5.64. The van der Waals surface area contributed by atoms with Crippen LogP contribution >= 0.6 is 23.2 Å². The second kappa shape index (κ2) is 8.14. The van der Waals surface area contributed by atoms with Crippen molar-refractivity contribution in [3.8, 4) is 0 Å². The Hall–Kier alpha value is -2.81. The number of ether oxygens (including phenoxy) is 1. The molecule has 0 radical (unpaired) electrons. The normalized spacial score (nSPS) is 20.4. The van der Waals surface area contributed by atoms with Gasteiger partial charge in [0.2, 0.25) is 0 Å². The lowest BCUT2D eigenvalue weighted by Gasteiger charge is -2.30. The predicted molar refractivity (Wildman–Crippen MR) is 118 cm³/mol.